The van der Waals surface area contributed by atoms with Gasteiger partial charge in [0, 0.05) is 12.7 Å². The number of hydrogen-bond donors (Lipinski definition) is 1. The summed E-state index contributed by atoms with van der Waals surface area (Å²) in [5.41, 5.74) is 0.870. The van der Waals surface area contributed by atoms with Crippen LogP contribution in [-0.4, -0.2) is 54.3 Å². The Balaban J connectivity index is 1.99. The van der Waals surface area contributed by atoms with Gasteiger partial charge in [-0.1, -0.05) is 18.2 Å². The molecule has 1 aliphatic heterocycles. The van der Waals surface area contributed by atoms with Crippen molar-refractivity contribution in [1.82, 2.24) is 4.90 Å². The number of amides is 1. The molecule has 114 valence electrons. The number of ether oxygens (including phenoxy) is 2. The van der Waals surface area contributed by atoms with Crippen LogP contribution in [0.25, 0.3) is 0 Å². The molecule has 2 rings (SSSR count). The van der Waals surface area contributed by atoms with Crippen LogP contribution in [0.4, 0.5) is 0 Å². The number of carboxylic acids is 1. The van der Waals surface area contributed by atoms with E-state index in [9.17, 15) is 9.59 Å². The van der Waals surface area contributed by atoms with E-state index in [0.717, 1.165) is 5.56 Å². The van der Waals surface area contributed by atoms with E-state index < -0.39 is 11.6 Å². The van der Waals surface area contributed by atoms with E-state index in [0.29, 0.717) is 25.3 Å². The predicted octanol–water partition coefficient (Wildman–Crippen LogP) is 1.15. The molecular formula is C15H19NO5. The molecule has 0 spiro atoms. The van der Waals surface area contributed by atoms with Crippen molar-refractivity contribution in [1.29, 1.82) is 0 Å². The molecule has 0 unspecified atom stereocenters. The van der Waals surface area contributed by atoms with Gasteiger partial charge >= 0.3 is 5.97 Å². The van der Waals surface area contributed by atoms with Gasteiger partial charge in [0.25, 0.3) is 5.91 Å². The first kappa shape index (κ1) is 15.5. The molecule has 0 bridgehead atoms. The van der Waals surface area contributed by atoms with Crippen molar-refractivity contribution in [3.8, 4) is 0 Å². The molecule has 0 saturated carbocycles. The van der Waals surface area contributed by atoms with Crippen molar-refractivity contribution in [3.05, 3.63) is 35.4 Å². The second kappa shape index (κ2) is 6.24. The summed E-state index contributed by atoms with van der Waals surface area (Å²) in [7, 11) is 1.59. The molecular weight excluding hydrogens is 274 g/mol. The summed E-state index contributed by atoms with van der Waals surface area (Å²) in [5.74, 6) is -1.09. The van der Waals surface area contributed by atoms with E-state index in [1.807, 2.05) is 18.2 Å². The lowest BCUT2D eigenvalue weighted by atomic mass is 9.94. The Morgan fingerprint density at radius 3 is 2.62 bits per heavy atom. The van der Waals surface area contributed by atoms with Crippen molar-refractivity contribution in [3.63, 3.8) is 0 Å². The van der Waals surface area contributed by atoms with Crippen molar-refractivity contribution in [2.75, 3.05) is 26.8 Å². The topological polar surface area (TPSA) is 76.1 Å². The zero-order valence-electron chi connectivity index (χ0n) is 12.2. The number of carbonyl (C=O) groups excluding carboxylic acids is 1. The van der Waals surface area contributed by atoms with Gasteiger partial charge in [0.15, 0.2) is 0 Å². The predicted molar refractivity (Wildman–Crippen MR) is 75.1 cm³/mol. The average Bonchev–Trinajstić information content (AvgIpc) is 2.42. The first-order valence-electron chi connectivity index (χ1n) is 6.67. The van der Waals surface area contributed by atoms with E-state index in [-0.39, 0.29) is 12.5 Å². The van der Waals surface area contributed by atoms with Gasteiger partial charge in [0.2, 0.25) is 0 Å². The first-order valence-corrected chi connectivity index (χ1v) is 6.67. The number of likely N-dealkylation sites (tertiary alicyclic amines) is 1. The maximum atomic E-state index is 12.4. The number of aliphatic carboxylic acids is 1. The molecule has 1 amide bonds. The number of carboxylic acid groups (broad SMARTS) is 1. The Morgan fingerprint density at radius 2 is 2.00 bits per heavy atom. The van der Waals surface area contributed by atoms with Gasteiger partial charge in [-0.05, 0) is 18.6 Å². The third kappa shape index (κ3) is 3.59. The minimum Gasteiger partial charge on any atom is -0.480 e. The molecule has 0 aliphatic carbocycles. The van der Waals surface area contributed by atoms with Crippen LogP contribution in [0.1, 0.15) is 22.8 Å². The highest BCUT2D eigenvalue weighted by Gasteiger charge is 2.43. The van der Waals surface area contributed by atoms with E-state index in [1.54, 1.807) is 25.0 Å². The van der Waals surface area contributed by atoms with E-state index >= 15 is 0 Å². The van der Waals surface area contributed by atoms with Crippen LogP contribution in [-0.2, 0) is 20.9 Å². The van der Waals surface area contributed by atoms with Crippen LogP contribution in [0.3, 0.4) is 0 Å². The number of benzene rings is 1. The van der Waals surface area contributed by atoms with E-state index in [4.69, 9.17) is 14.6 Å². The normalized spacial score (nSPS) is 16.4. The molecule has 6 heteroatoms. The number of rotatable bonds is 6. The zero-order chi connectivity index (χ0) is 15.5. The highest BCUT2D eigenvalue weighted by Crippen LogP contribution is 2.27. The molecule has 0 atom stereocenters. The Kier molecular flexibility index (Phi) is 4.59. The lowest BCUT2D eigenvalue weighted by molar-refractivity contribution is -0.159. The molecule has 6 nitrogen and oxygen atoms in total. The Morgan fingerprint density at radius 1 is 1.33 bits per heavy atom. The van der Waals surface area contributed by atoms with Gasteiger partial charge < -0.3 is 19.5 Å². The van der Waals surface area contributed by atoms with Crippen LogP contribution >= 0.6 is 0 Å². The van der Waals surface area contributed by atoms with Crippen LogP contribution in [0.15, 0.2) is 24.3 Å². The van der Waals surface area contributed by atoms with Gasteiger partial charge in [-0.25, -0.2) is 4.79 Å². The Hall–Kier alpha value is -1.92. The Bertz CT molecular complexity index is 537. The molecule has 1 N–H and O–H groups in total. The average molecular weight is 293 g/mol. The zero-order valence-corrected chi connectivity index (χ0v) is 12.2. The largest absolute Gasteiger partial charge is 0.480 e. The van der Waals surface area contributed by atoms with Gasteiger partial charge in [-0.3, -0.25) is 4.79 Å². The van der Waals surface area contributed by atoms with Gasteiger partial charge in [0.05, 0.1) is 19.7 Å². The maximum Gasteiger partial charge on any atom is 0.329 e. The summed E-state index contributed by atoms with van der Waals surface area (Å²) >= 11 is 0. The molecule has 0 radical (unpaired) electrons. The summed E-state index contributed by atoms with van der Waals surface area (Å²) in [5, 5.41) is 8.63. The standard InChI is InChI=1S/C15H19NO5/c1-15(21-8-13(17)18)9-16(10-15)14(19)12-6-4-3-5-11(12)7-20-2/h3-6H,7-10H2,1-2H3,(H,17,18). The molecule has 1 saturated heterocycles. The Labute approximate surface area is 123 Å². The summed E-state index contributed by atoms with van der Waals surface area (Å²) in [4.78, 5) is 24.6. The van der Waals surface area contributed by atoms with Gasteiger partial charge in [-0.15, -0.1) is 0 Å². The highest BCUT2D eigenvalue weighted by molar-refractivity contribution is 5.96. The van der Waals surface area contributed by atoms with Gasteiger partial charge in [0.1, 0.15) is 12.2 Å². The number of hydrogen-bond acceptors (Lipinski definition) is 4. The number of carbonyl (C=O) groups is 2. The van der Waals surface area contributed by atoms with E-state index in [2.05, 4.69) is 0 Å². The fourth-order valence-electron chi connectivity index (χ4n) is 2.41. The number of methoxy groups -OCH3 is 1. The second-order valence-corrected chi connectivity index (χ2v) is 5.38. The fraction of sp³-hybridized carbons (Fsp3) is 0.467. The second-order valence-electron chi connectivity index (χ2n) is 5.38. The van der Waals surface area contributed by atoms with Gasteiger partial charge in [-0.2, -0.15) is 0 Å². The van der Waals surface area contributed by atoms with Crippen molar-refractivity contribution < 1.29 is 24.2 Å². The van der Waals surface area contributed by atoms with Crippen molar-refractivity contribution in [2.24, 2.45) is 0 Å². The summed E-state index contributed by atoms with van der Waals surface area (Å²) in [6, 6.07) is 7.30. The summed E-state index contributed by atoms with van der Waals surface area (Å²) in [6.07, 6.45) is 0. The third-order valence-corrected chi connectivity index (χ3v) is 3.43. The molecule has 1 aliphatic rings. The molecule has 21 heavy (non-hydrogen) atoms. The minimum absolute atomic E-state index is 0.0842. The summed E-state index contributed by atoms with van der Waals surface area (Å²) in [6.45, 7) is 2.61. The first-order chi connectivity index (χ1) is 9.95. The van der Waals surface area contributed by atoms with Crippen molar-refractivity contribution >= 4 is 11.9 Å². The lowest BCUT2D eigenvalue weighted by Crippen LogP contribution is -2.63. The van der Waals surface area contributed by atoms with Crippen LogP contribution in [0.2, 0.25) is 0 Å². The molecule has 1 heterocycles. The van der Waals surface area contributed by atoms with Crippen molar-refractivity contribution in [2.45, 2.75) is 19.1 Å². The molecule has 1 fully saturated rings. The smallest absolute Gasteiger partial charge is 0.329 e. The maximum absolute atomic E-state index is 12.4. The summed E-state index contributed by atoms with van der Waals surface area (Å²) < 4.78 is 10.4. The monoisotopic (exact) mass is 293 g/mol. The number of nitrogens with zero attached hydrogens (tertiary/aromatic N) is 1. The SMILES string of the molecule is COCc1ccccc1C(=O)N1CC(C)(OCC(=O)O)C1. The van der Waals surface area contributed by atoms with Crippen LogP contribution in [0.5, 0.6) is 0 Å². The lowest BCUT2D eigenvalue weighted by Gasteiger charge is -2.47. The van der Waals surface area contributed by atoms with Crippen LogP contribution < -0.4 is 0 Å². The third-order valence-electron chi connectivity index (χ3n) is 3.43. The quantitative estimate of drug-likeness (QED) is 0.851. The minimum atomic E-state index is -1.01. The highest BCUT2D eigenvalue weighted by atomic mass is 16.5. The van der Waals surface area contributed by atoms with Crippen LogP contribution in [0, 0.1) is 0 Å². The molecule has 1 aromatic carbocycles. The van der Waals surface area contributed by atoms with E-state index in [1.165, 1.54) is 0 Å². The fourth-order valence-corrected chi connectivity index (χ4v) is 2.41. The molecule has 0 aromatic heterocycles. The molecule has 1 aromatic rings.